The molecule has 2 fully saturated rings. The molecule has 8 heteroatoms. The molecule has 120 valence electrons. The van der Waals surface area contributed by atoms with Crippen molar-refractivity contribution in [2.75, 3.05) is 26.7 Å². The molecule has 0 bridgehead atoms. The molecule has 21 heavy (non-hydrogen) atoms. The summed E-state index contributed by atoms with van der Waals surface area (Å²) >= 11 is 0. The molecule has 1 atom stereocenters. The lowest BCUT2D eigenvalue weighted by atomic mass is 9.98. The Labute approximate surface area is 121 Å². The number of alkyl halides is 3. The van der Waals surface area contributed by atoms with Crippen LogP contribution in [-0.2, 0) is 4.79 Å². The van der Waals surface area contributed by atoms with Crippen molar-refractivity contribution in [3.63, 3.8) is 0 Å². The minimum absolute atomic E-state index is 0.169. The van der Waals surface area contributed by atoms with Crippen molar-refractivity contribution < 1.29 is 22.8 Å². The fourth-order valence-corrected chi connectivity index (χ4v) is 2.91. The van der Waals surface area contributed by atoms with E-state index in [0.29, 0.717) is 19.4 Å². The molecular formula is C13H20F3N3O2. The zero-order valence-corrected chi connectivity index (χ0v) is 11.9. The van der Waals surface area contributed by atoms with Crippen molar-refractivity contribution in [1.82, 2.24) is 15.1 Å². The van der Waals surface area contributed by atoms with E-state index in [1.165, 1.54) is 4.90 Å². The van der Waals surface area contributed by atoms with Crippen molar-refractivity contribution in [2.24, 2.45) is 5.92 Å². The van der Waals surface area contributed by atoms with Gasteiger partial charge < -0.3 is 15.1 Å². The van der Waals surface area contributed by atoms with Gasteiger partial charge in [-0.25, -0.2) is 4.79 Å². The highest BCUT2D eigenvalue weighted by Crippen LogP contribution is 2.35. The molecule has 1 saturated carbocycles. The zero-order chi connectivity index (χ0) is 15.6. The number of rotatable bonds is 2. The summed E-state index contributed by atoms with van der Waals surface area (Å²) in [5.74, 6) is -0.821. The van der Waals surface area contributed by atoms with E-state index in [9.17, 15) is 22.8 Å². The minimum Gasteiger partial charge on any atom is -0.342 e. The van der Waals surface area contributed by atoms with Gasteiger partial charge in [-0.1, -0.05) is 12.8 Å². The second-order valence-corrected chi connectivity index (χ2v) is 5.75. The number of hydrogen-bond donors (Lipinski definition) is 1. The fourth-order valence-electron chi connectivity index (χ4n) is 2.91. The van der Waals surface area contributed by atoms with Crippen LogP contribution in [0.4, 0.5) is 18.0 Å². The Morgan fingerprint density at radius 3 is 2.43 bits per heavy atom. The smallest absolute Gasteiger partial charge is 0.342 e. The molecule has 3 amide bonds. The van der Waals surface area contributed by atoms with Crippen molar-refractivity contribution in [2.45, 2.75) is 37.9 Å². The molecule has 0 aromatic heterocycles. The molecule has 1 heterocycles. The molecular weight excluding hydrogens is 287 g/mol. The highest BCUT2D eigenvalue weighted by molar-refractivity contribution is 5.85. The standard InChI is InChI=1S/C13H20F3N3O2/c1-18-6-7-19(8-10(18)20)12(21)17-11(13(14,15)16)9-4-2-3-5-9/h9,11H,2-8H2,1H3,(H,17,21)/t11-/m0/s1. The number of carbonyl (C=O) groups excluding carboxylic acids is 2. The molecule has 1 aliphatic heterocycles. The van der Waals surface area contributed by atoms with E-state index in [1.54, 1.807) is 7.05 Å². The summed E-state index contributed by atoms with van der Waals surface area (Å²) in [5.41, 5.74) is 0. The Kier molecular flexibility index (Phi) is 4.63. The van der Waals surface area contributed by atoms with Gasteiger partial charge in [0.05, 0.1) is 0 Å². The molecule has 2 aliphatic rings. The lowest BCUT2D eigenvalue weighted by Gasteiger charge is -2.34. The van der Waals surface area contributed by atoms with Crippen LogP contribution < -0.4 is 5.32 Å². The summed E-state index contributed by atoms with van der Waals surface area (Å²) in [6.07, 6.45) is -1.97. The Hall–Kier alpha value is -1.47. The van der Waals surface area contributed by atoms with Gasteiger partial charge in [-0.05, 0) is 18.8 Å². The van der Waals surface area contributed by atoms with Gasteiger partial charge >= 0.3 is 12.2 Å². The summed E-state index contributed by atoms with van der Waals surface area (Å²) in [6, 6.07) is -2.62. The Morgan fingerprint density at radius 1 is 1.29 bits per heavy atom. The quantitative estimate of drug-likeness (QED) is 0.842. The number of halogens is 3. The Morgan fingerprint density at radius 2 is 1.90 bits per heavy atom. The highest BCUT2D eigenvalue weighted by atomic mass is 19.4. The lowest BCUT2D eigenvalue weighted by molar-refractivity contribution is -0.165. The number of urea groups is 1. The predicted octanol–water partition coefficient (Wildman–Crippen LogP) is 1.59. The minimum atomic E-state index is -4.46. The Balaban J connectivity index is 1.99. The largest absolute Gasteiger partial charge is 0.408 e. The first kappa shape index (κ1) is 15.9. The van der Waals surface area contributed by atoms with E-state index in [2.05, 4.69) is 5.32 Å². The van der Waals surface area contributed by atoms with Crippen molar-refractivity contribution in [3.8, 4) is 0 Å². The number of carbonyl (C=O) groups is 2. The first-order valence-corrected chi connectivity index (χ1v) is 7.15. The number of amides is 3. The number of nitrogens with one attached hydrogen (secondary N) is 1. The van der Waals surface area contributed by atoms with E-state index in [-0.39, 0.29) is 19.0 Å². The second-order valence-electron chi connectivity index (χ2n) is 5.75. The van der Waals surface area contributed by atoms with Crippen molar-refractivity contribution in [3.05, 3.63) is 0 Å². The van der Waals surface area contributed by atoms with Crippen LogP contribution in [0.3, 0.4) is 0 Å². The van der Waals surface area contributed by atoms with E-state index in [1.807, 2.05) is 0 Å². The number of nitrogens with zero attached hydrogens (tertiary/aromatic N) is 2. The van der Waals surface area contributed by atoms with Crippen molar-refractivity contribution >= 4 is 11.9 Å². The summed E-state index contributed by atoms with van der Waals surface area (Å²) in [5, 5.41) is 2.10. The number of likely N-dealkylation sites (N-methyl/N-ethyl adjacent to an activating group) is 1. The van der Waals surface area contributed by atoms with Crippen LogP contribution in [0.2, 0.25) is 0 Å². The summed E-state index contributed by atoms with van der Waals surface area (Å²) in [4.78, 5) is 26.1. The van der Waals surface area contributed by atoms with Crippen LogP contribution in [0.15, 0.2) is 0 Å². The van der Waals surface area contributed by atoms with Gasteiger partial charge in [-0.2, -0.15) is 13.2 Å². The number of piperazine rings is 1. The molecule has 0 aromatic carbocycles. The van der Waals surface area contributed by atoms with Crippen LogP contribution in [0, 0.1) is 5.92 Å². The molecule has 5 nitrogen and oxygen atoms in total. The first-order valence-electron chi connectivity index (χ1n) is 7.15. The number of hydrogen-bond acceptors (Lipinski definition) is 2. The molecule has 0 unspecified atom stereocenters. The monoisotopic (exact) mass is 307 g/mol. The third-order valence-electron chi connectivity index (χ3n) is 4.25. The van der Waals surface area contributed by atoms with E-state index in [0.717, 1.165) is 17.7 Å². The maximum absolute atomic E-state index is 13.1. The van der Waals surface area contributed by atoms with Crippen molar-refractivity contribution in [1.29, 1.82) is 0 Å². The maximum atomic E-state index is 13.1. The third kappa shape index (κ3) is 3.79. The first-order chi connectivity index (χ1) is 9.79. The predicted molar refractivity (Wildman–Crippen MR) is 69.5 cm³/mol. The lowest BCUT2D eigenvalue weighted by Crippen LogP contribution is -2.58. The van der Waals surface area contributed by atoms with Gasteiger partial charge in [0.2, 0.25) is 5.91 Å². The van der Waals surface area contributed by atoms with Crippen LogP contribution in [0.5, 0.6) is 0 Å². The van der Waals surface area contributed by atoms with Crippen LogP contribution >= 0.6 is 0 Å². The maximum Gasteiger partial charge on any atom is 0.408 e. The van der Waals surface area contributed by atoms with Crippen LogP contribution in [0.25, 0.3) is 0 Å². The van der Waals surface area contributed by atoms with Gasteiger partial charge in [0.1, 0.15) is 12.6 Å². The summed E-state index contributed by atoms with van der Waals surface area (Å²) in [6.45, 7) is 0.424. The van der Waals surface area contributed by atoms with Gasteiger partial charge in [0.15, 0.2) is 0 Å². The van der Waals surface area contributed by atoms with Gasteiger partial charge in [-0.3, -0.25) is 4.79 Å². The van der Waals surface area contributed by atoms with Crippen LogP contribution in [0.1, 0.15) is 25.7 Å². The molecule has 0 radical (unpaired) electrons. The van der Waals surface area contributed by atoms with Gasteiger partial charge in [-0.15, -0.1) is 0 Å². The van der Waals surface area contributed by atoms with E-state index >= 15 is 0 Å². The highest BCUT2D eigenvalue weighted by Gasteiger charge is 2.46. The topological polar surface area (TPSA) is 52.6 Å². The molecule has 1 aliphatic carbocycles. The molecule has 1 N–H and O–H groups in total. The molecule has 2 rings (SSSR count). The van der Waals surface area contributed by atoms with Crippen LogP contribution in [-0.4, -0.2) is 60.6 Å². The second kappa shape index (κ2) is 6.11. The van der Waals surface area contributed by atoms with Gasteiger partial charge in [0.25, 0.3) is 0 Å². The van der Waals surface area contributed by atoms with Gasteiger partial charge in [0, 0.05) is 20.1 Å². The summed E-state index contributed by atoms with van der Waals surface area (Å²) in [7, 11) is 1.61. The average molecular weight is 307 g/mol. The molecule has 0 spiro atoms. The average Bonchev–Trinajstić information content (AvgIpc) is 2.91. The fraction of sp³-hybridized carbons (Fsp3) is 0.846. The Bertz CT molecular complexity index is 408. The SMILES string of the molecule is CN1CCN(C(=O)N[C@@H](C2CCCC2)C(F)(F)F)CC1=O. The molecule has 0 aromatic rings. The normalized spacial score (nSPS) is 22.6. The third-order valence-corrected chi connectivity index (χ3v) is 4.25. The van der Waals surface area contributed by atoms with E-state index < -0.39 is 24.2 Å². The summed E-state index contributed by atoms with van der Waals surface area (Å²) < 4.78 is 39.4. The van der Waals surface area contributed by atoms with E-state index in [4.69, 9.17) is 0 Å². The molecule has 1 saturated heterocycles. The zero-order valence-electron chi connectivity index (χ0n) is 11.9.